The quantitative estimate of drug-likeness (QED) is 0.227. The Morgan fingerprint density at radius 3 is 2.40 bits per heavy atom. The van der Waals surface area contributed by atoms with E-state index in [1.54, 1.807) is 19.1 Å². The molecule has 43 heavy (non-hydrogen) atoms. The molecule has 0 bridgehead atoms. The average molecular weight is 606 g/mol. The molecule has 8 nitrogen and oxygen atoms in total. The van der Waals surface area contributed by atoms with Gasteiger partial charge in [0.15, 0.2) is 5.69 Å². The van der Waals surface area contributed by atoms with Crippen molar-refractivity contribution in [3.63, 3.8) is 0 Å². The maximum absolute atomic E-state index is 14.5. The van der Waals surface area contributed by atoms with Gasteiger partial charge in [0.25, 0.3) is 5.91 Å². The van der Waals surface area contributed by atoms with Crippen LogP contribution in [0.15, 0.2) is 60.9 Å². The number of rotatable bonds is 10. The number of pyridine rings is 1. The number of nitrogens with one attached hydrogen (secondary N) is 2. The zero-order valence-electron chi connectivity index (χ0n) is 22.6. The van der Waals surface area contributed by atoms with Gasteiger partial charge in [0.2, 0.25) is 5.91 Å². The number of alkyl halides is 3. The van der Waals surface area contributed by atoms with E-state index in [1.807, 2.05) is 0 Å². The Kier molecular flexibility index (Phi) is 9.49. The predicted molar refractivity (Wildman–Crippen MR) is 142 cm³/mol. The molecule has 0 radical (unpaired) electrons. The van der Waals surface area contributed by atoms with Crippen LogP contribution in [0.2, 0.25) is 0 Å². The van der Waals surface area contributed by atoms with Crippen LogP contribution in [0, 0.1) is 17.5 Å². The van der Waals surface area contributed by atoms with E-state index in [0.29, 0.717) is 21.9 Å². The van der Waals surface area contributed by atoms with Crippen molar-refractivity contribution in [1.29, 1.82) is 0 Å². The summed E-state index contributed by atoms with van der Waals surface area (Å²) in [5.41, 5.74) is -1.15. The molecule has 0 aliphatic heterocycles. The van der Waals surface area contributed by atoms with Gasteiger partial charge in [-0.15, -0.1) is 0 Å². The van der Waals surface area contributed by atoms with E-state index in [2.05, 4.69) is 20.7 Å². The standard InChI is InChI=1S/C29H25F6N5O3/c1-2-36-28(43)22-11-17(5-6-23(22)32)21-4-3-7-37-26(21)24(10-16-8-19(30)12-20(31)9-16)38-25(42)14-40-13-18(15-41)27(39-40)29(33,34)35/h3-9,11-13,24,41H,2,10,14-15H2,1H3,(H,36,43)(H,38,42). The monoisotopic (exact) mass is 605 g/mol. The largest absolute Gasteiger partial charge is 0.435 e. The van der Waals surface area contributed by atoms with E-state index in [-0.39, 0.29) is 29.8 Å². The molecule has 14 heteroatoms. The van der Waals surface area contributed by atoms with Gasteiger partial charge in [-0.3, -0.25) is 19.3 Å². The van der Waals surface area contributed by atoms with Crippen molar-refractivity contribution in [1.82, 2.24) is 25.4 Å². The molecule has 4 rings (SSSR count). The average Bonchev–Trinajstić information content (AvgIpc) is 3.36. The van der Waals surface area contributed by atoms with E-state index in [9.17, 15) is 41.0 Å². The lowest BCUT2D eigenvalue weighted by atomic mass is 9.94. The van der Waals surface area contributed by atoms with Crippen LogP contribution in [0.5, 0.6) is 0 Å². The molecule has 0 saturated carbocycles. The van der Waals surface area contributed by atoms with Gasteiger partial charge in [0.1, 0.15) is 24.0 Å². The lowest BCUT2D eigenvalue weighted by Crippen LogP contribution is -2.34. The summed E-state index contributed by atoms with van der Waals surface area (Å²) in [7, 11) is 0. The van der Waals surface area contributed by atoms with Gasteiger partial charge in [-0.05, 0) is 54.8 Å². The summed E-state index contributed by atoms with van der Waals surface area (Å²) in [5, 5.41) is 17.8. The summed E-state index contributed by atoms with van der Waals surface area (Å²) >= 11 is 0. The Labute approximate surface area is 241 Å². The number of hydrogen-bond acceptors (Lipinski definition) is 5. The molecule has 226 valence electrons. The fraction of sp³-hybridized carbons (Fsp3) is 0.241. The number of nitrogens with zero attached hydrogens (tertiary/aromatic N) is 3. The molecule has 2 amide bonds. The van der Waals surface area contributed by atoms with E-state index < -0.39 is 65.9 Å². The Bertz CT molecular complexity index is 1620. The molecule has 4 aromatic rings. The fourth-order valence-corrected chi connectivity index (χ4v) is 4.53. The van der Waals surface area contributed by atoms with Gasteiger partial charge in [0.05, 0.1) is 23.9 Å². The third-order valence-corrected chi connectivity index (χ3v) is 6.31. The lowest BCUT2D eigenvalue weighted by Gasteiger charge is -2.22. The topological polar surface area (TPSA) is 109 Å². The van der Waals surface area contributed by atoms with Gasteiger partial charge >= 0.3 is 6.18 Å². The summed E-state index contributed by atoms with van der Waals surface area (Å²) in [6.45, 7) is 0.257. The molecule has 0 fully saturated rings. The maximum atomic E-state index is 14.5. The van der Waals surface area contributed by atoms with Crippen molar-refractivity contribution in [3.8, 4) is 11.1 Å². The van der Waals surface area contributed by atoms with Crippen molar-refractivity contribution in [2.45, 2.75) is 38.7 Å². The molecule has 2 heterocycles. The summed E-state index contributed by atoms with van der Waals surface area (Å²) < 4.78 is 83.1. The van der Waals surface area contributed by atoms with Gasteiger partial charge < -0.3 is 15.7 Å². The Hall–Kier alpha value is -4.72. The highest BCUT2D eigenvalue weighted by Gasteiger charge is 2.37. The van der Waals surface area contributed by atoms with Crippen LogP contribution >= 0.6 is 0 Å². The Balaban J connectivity index is 1.73. The van der Waals surface area contributed by atoms with Crippen LogP contribution in [0.4, 0.5) is 26.3 Å². The SMILES string of the molecule is CCNC(=O)c1cc(-c2cccnc2C(Cc2cc(F)cc(F)c2)NC(=O)Cn2cc(CO)c(C(F)(F)F)n2)ccc1F. The minimum absolute atomic E-state index is 0.127. The summed E-state index contributed by atoms with van der Waals surface area (Å²) in [6.07, 6.45) is -2.81. The first-order chi connectivity index (χ1) is 20.4. The number of aliphatic hydroxyl groups excluding tert-OH is 1. The van der Waals surface area contributed by atoms with Crippen molar-refractivity contribution < 1.29 is 41.0 Å². The molecular formula is C29H25F6N5O3. The van der Waals surface area contributed by atoms with E-state index in [1.165, 1.54) is 18.3 Å². The molecule has 1 unspecified atom stereocenters. The van der Waals surface area contributed by atoms with E-state index in [4.69, 9.17) is 0 Å². The number of hydrogen-bond donors (Lipinski definition) is 3. The van der Waals surface area contributed by atoms with Gasteiger partial charge in [-0.1, -0.05) is 12.1 Å². The number of carbonyl (C=O) groups is 2. The normalized spacial score (nSPS) is 12.2. The highest BCUT2D eigenvalue weighted by molar-refractivity contribution is 5.95. The lowest BCUT2D eigenvalue weighted by molar-refractivity contribution is -0.142. The minimum Gasteiger partial charge on any atom is -0.392 e. The number of halogens is 6. The summed E-state index contributed by atoms with van der Waals surface area (Å²) in [5.74, 6) is -4.02. The molecule has 1 atom stereocenters. The molecular weight excluding hydrogens is 580 g/mol. The maximum Gasteiger partial charge on any atom is 0.435 e. The van der Waals surface area contributed by atoms with Crippen molar-refractivity contribution in [3.05, 3.63) is 106 Å². The summed E-state index contributed by atoms with van der Waals surface area (Å²) in [6, 6.07) is 8.56. The van der Waals surface area contributed by atoms with Crippen LogP contribution in [0.3, 0.4) is 0 Å². The zero-order valence-corrected chi connectivity index (χ0v) is 22.6. The first-order valence-electron chi connectivity index (χ1n) is 12.9. The predicted octanol–water partition coefficient (Wildman–Crippen LogP) is 4.72. The van der Waals surface area contributed by atoms with Crippen LogP contribution in [-0.4, -0.2) is 38.2 Å². The van der Waals surface area contributed by atoms with E-state index in [0.717, 1.165) is 24.4 Å². The second-order valence-electron chi connectivity index (χ2n) is 9.45. The van der Waals surface area contributed by atoms with Crippen molar-refractivity contribution in [2.75, 3.05) is 6.54 Å². The third kappa shape index (κ3) is 7.57. The number of aromatic nitrogens is 3. The first kappa shape index (κ1) is 31.2. The van der Waals surface area contributed by atoms with Crippen LogP contribution in [0.1, 0.15) is 45.8 Å². The molecule has 2 aromatic heterocycles. The van der Waals surface area contributed by atoms with Crippen LogP contribution in [-0.2, 0) is 30.5 Å². The van der Waals surface area contributed by atoms with Gasteiger partial charge in [0, 0.05) is 36.1 Å². The highest BCUT2D eigenvalue weighted by atomic mass is 19.4. The first-order valence-corrected chi connectivity index (χ1v) is 12.9. The number of aliphatic hydroxyl groups is 1. The zero-order chi connectivity index (χ0) is 31.3. The number of amides is 2. The molecule has 2 aromatic carbocycles. The Morgan fingerprint density at radius 2 is 1.77 bits per heavy atom. The molecule has 3 N–H and O–H groups in total. The third-order valence-electron chi connectivity index (χ3n) is 6.31. The van der Waals surface area contributed by atoms with Gasteiger partial charge in [-0.25, -0.2) is 13.2 Å². The molecule has 0 saturated heterocycles. The Morgan fingerprint density at radius 1 is 1.05 bits per heavy atom. The second-order valence-corrected chi connectivity index (χ2v) is 9.45. The second kappa shape index (κ2) is 13.1. The van der Waals surface area contributed by atoms with Crippen molar-refractivity contribution >= 4 is 11.8 Å². The fourth-order valence-electron chi connectivity index (χ4n) is 4.53. The number of benzene rings is 2. The van der Waals surface area contributed by atoms with Crippen LogP contribution in [0.25, 0.3) is 11.1 Å². The molecule has 0 spiro atoms. The van der Waals surface area contributed by atoms with Crippen LogP contribution < -0.4 is 10.6 Å². The molecule has 0 aliphatic rings. The smallest absolute Gasteiger partial charge is 0.392 e. The van der Waals surface area contributed by atoms with Gasteiger partial charge in [-0.2, -0.15) is 18.3 Å². The minimum atomic E-state index is -4.87. The summed E-state index contributed by atoms with van der Waals surface area (Å²) in [4.78, 5) is 29.9. The molecule has 0 aliphatic carbocycles. The number of carbonyl (C=O) groups excluding carboxylic acids is 2. The van der Waals surface area contributed by atoms with E-state index >= 15 is 0 Å². The van der Waals surface area contributed by atoms with Crippen molar-refractivity contribution in [2.24, 2.45) is 0 Å². The highest BCUT2D eigenvalue weighted by Crippen LogP contribution is 2.32.